The summed E-state index contributed by atoms with van der Waals surface area (Å²) in [6.07, 6.45) is 2.25. The van der Waals surface area contributed by atoms with Crippen LogP contribution in [-0.4, -0.2) is 29.6 Å². The Labute approximate surface area is 122 Å². The number of anilines is 1. The van der Waals surface area contributed by atoms with Crippen LogP contribution >= 0.6 is 11.6 Å². The second-order valence-corrected chi connectivity index (χ2v) is 5.50. The largest absolute Gasteiger partial charge is 0.480 e. The van der Waals surface area contributed by atoms with E-state index in [-0.39, 0.29) is 18.4 Å². The van der Waals surface area contributed by atoms with Crippen molar-refractivity contribution < 1.29 is 14.7 Å². The quantitative estimate of drug-likeness (QED) is 0.839. The molecule has 1 aromatic carbocycles. The molecule has 108 valence electrons. The highest BCUT2D eigenvalue weighted by Gasteiger charge is 2.31. The molecule has 1 aromatic rings. The van der Waals surface area contributed by atoms with E-state index in [2.05, 4.69) is 0 Å². The van der Waals surface area contributed by atoms with Gasteiger partial charge in [0.25, 0.3) is 0 Å². The molecule has 1 amide bonds. The number of carboxylic acid groups (broad SMARTS) is 1. The summed E-state index contributed by atoms with van der Waals surface area (Å²) in [5, 5.41) is 9.42. The van der Waals surface area contributed by atoms with Crippen molar-refractivity contribution >= 4 is 29.2 Å². The summed E-state index contributed by atoms with van der Waals surface area (Å²) >= 11 is 5.89. The summed E-state index contributed by atoms with van der Waals surface area (Å²) in [6.45, 7) is -0.392. The van der Waals surface area contributed by atoms with Crippen molar-refractivity contribution in [3.05, 3.63) is 29.3 Å². The molecule has 20 heavy (non-hydrogen) atoms. The van der Waals surface area contributed by atoms with Crippen molar-refractivity contribution in [1.82, 2.24) is 0 Å². The Bertz CT molecular complexity index is 517. The van der Waals surface area contributed by atoms with Gasteiger partial charge < -0.3 is 15.7 Å². The Morgan fingerprint density at radius 2 is 2.15 bits per heavy atom. The fourth-order valence-electron chi connectivity index (χ4n) is 2.11. The minimum atomic E-state index is -1.07. The molecule has 2 rings (SSSR count). The van der Waals surface area contributed by atoms with E-state index in [1.54, 1.807) is 24.3 Å². The predicted molar refractivity (Wildman–Crippen MR) is 76.8 cm³/mol. The van der Waals surface area contributed by atoms with Gasteiger partial charge in [-0.3, -0.25) is 9.59 Å². The first-order valence-electron chi connectivity index (χ1n) is 6.50. The lowest BCUT2D eigenvalue weighted by Gasteiger charge is -2.22. The van der Waals surface area contributed by atoms with E-state index in [0.29, 0.717) is 16.6 Å². The molecular weight excluding hydrogens is 280 g/mol. The fourth-order valence-corrected chi connectivity index (χ4v) is 2.29. The molecule has 1 saturated carbocycles. The van der Waals surface area contributed by atoms with Crippen LogP contribution in [0.5, 0.6) is 0 Å². The number of carbonyl (C=O) groups excluding carboxylic acids is 1. The lowest BCUT2D eigenvalue weighted by Crippen LogP contribution is -2.39. The Kier molecular flexibility index (Phi) is 4.62. The molecule has 0 aromatic heterocycles. The maximum Gasteiger partial charge on any atom is 0.323 e. The summed E-state index contributed by atoms with van der Waals surface area (Å²) in [6, 6.07) is 6.39. The molecule has 0 bridgehead atoms. The van der Waals surface area contributed by atoms with Crippen LogP contribution in [0.25, 0.3) is 0 Å². The number of nitrogens with zero attached hydrogens (tertiary/aromatic N) is 1. The SMILES string of the molecule is NC(CC(=O)N(CC(=O)O)c1cccc(Cl)c1)C1CC1. The summed E-state index contributed by atoms with van der Waals surface area (Å²) in [4.78, 5) is 24.4. The van der Waals surface area contributed by atoms with Gasteiger partial charge in [-0.25, -0.2) is 0 Å². The molecule has 1 unspecified atom stereocenters. The smallest absolute Gasteiger partial charge is 0.323 e. The number of amides is 1. The number of rotatable bonds is 6. The molecule has 1 aliphatic carbocycles. The molecular formula is C14H17ClN2O3. The van der Waals surface area contributed by atoms with Gasteiger partial charge in [0, 0.05) is 23.2 Å². The highest BCUT2D eigenvalue weighted by Crippen LogP contribution is 2.33. The molecule has 1 aliphatic rings. The zero-order valence-corrected chi connectivity index (χ0v) is 11.7. The predicted octanol–water partition coefficient (Wildman–Crippen LogP) is 1.88. The van der Waals surface area contributed by atoms with Crippen LogP contribution in [-0.2, 0) is 9.59 Å². The van der Waals surface area contributed by atoms with Gasteiger partial charge in [0.2, 0.25) is 5.91 Å². The van der Waals surface area contributed by atoms with Gasteiger partial charge in [0.15, 0.2) is 0 Å². The van der Waals surface area contributed by atoms with Gasteiger partial charge in [0.1, 0.15) is 6.54 Å². The van der Waals surface area contributed by atoms with E-state index in [4.69, 9.17) is 22.4 Å². The van der Waals surface area contributed by atoms with Gasteiger partial charge in [0.05, 0.1) is 0 Å². The van der Waals surface area contributed by atoms with E-state index in [0.717, 1.165) is 12.8 Å². The van der Waals surface area contributed by atoms with Crippen molar-refractivity contribution in [2.24, 2.45) is 11.7 Å². The van der Waals surface area contributed by atoms with Crippen molar-refractivity contribution in [3.63, 3.8) is 0 Å². The van der Waals surface area contributed by atoms with Crippen LogP contribution in [0.3, 0.4) is 0 Å². The third-order valence-corrected chi connectivity index (χ3v) is 3.59. The second kappa shape index (κ2) is 6.24. The first-order valence-corrected chi connectivity index (χ1v) is 6.88. The number of aliphatic carboxylic acids is 1. The molecule has 3 N–H and O–H groups in total. The van der Waals surface area contributed by atoms with Gasteiger partial charge in [-0.1, -0.05) is 17.7 Å². The van der Waals surface area contributed by atoms with Crippen LogP contribution in [0.4, 0.5) is 5.69 Å². The normalized spacial score (nSPS) is 15.7. The molecule has 0 radical (unpaired) electrons. The van der Waals surface area contributed by atoms with E-state index in [1.807, 2.05) is 0 Å². The first-order chi connectivity index (χ1) is 9.47. The number of hydrogen-bond acceptors (Lipinski definition) is 3. The average molecular weight is 297 g/mol. The maximum atomic E-state index is 12.3. The van der Waals surface area contributed by atoms with Crippen molar-refractivity contribution in [2.45, 2.75) is 25.3 Å². The second-order valence-electron chi connectivity index (χ2n) is 5.06. The lowest BCUT2D eigenvalue weighted by atomic mass is 10.1. The van der Waals surface area contributed by atoms with Gasteiger partial charge >= 0.3 is 5.97 Å². The Hall–Kier alpha value is -1.59. The third kappa shape index (κ3) is 3.95. The molecule has 1 atom stereocenters. The van der Waals surface area contributed by atoms with Crippen LogP contribution in [0.1, 0.15) is 19.3 Å². The minimum Gasteiger partial charge on any atom is -0.480 e. The summed E-state index contributed by atoms with van der Waals surface area (Å²) < 4.78 is 0. The highest BCUT2D eigenvalue weighted by atomic mass is 35.5. The van der Waals surface area contributed by atoms with Crippen molar-refractivity contribution in [3.8, 4) is 0 Å². The number of benzene rings is 1. The zero-order chi connectivity index (χ0) is 14.7. The zero-order valence-electron chi connectivity index (χ0n) is 11.0. The van der Waals surface area contributed by atoms with E-state index in [1.165, 1.54) is 4.90 Å². The standard InChI is InChI=1S/C14H17ClN2O3/c15-10-2-1-3-11(6-10)17(8-14(19)20)13(18)7-12(16)9-4-5-9/h1-3,6,9,12H,4-5,7-8,16H2,(H,19,20). The van der Waals surface area contributed by atoms with Gasteiger partial charge in [-0.2, -0.15) is 0 Å². The maximum absolute atomic E-state index is 12.3. The highest BCUT2D eigenvalue weighted by molar-refractivity contribution is 6.30. The Balaban J connectivity index is 2.13. The minimum absolute atomic E-state index is 0.157. The Morgan fingerprint density at radius 1 is 1.45 bits per heavy atom. The topological polar surface area (TPSA) is 83.6 Å². The summed E-state index contributed by atoms with van der Waals surface area (Å²) in [5.41, 5.74) is 6.42. The third-order valence-electron chi connectivity index (χ3n) is 3.35. The molecule has 0 heterocycles. The van der Waals surface area contributed by atoms with E-state index >= 15 is 0 Å². The number of carboxylic acids is 1. The molecule has 0 saturated heterocycles. The van der Waals surface area contributed by atoms with Crippen molar-refractivity contribution in [1.29, 1.82) is 0 Å². The average Bonchev–Trinajstić information content (AvgIpc) is 3.19. The number of nitrogens with two attached hydrogens (primary N) is 1. The van der Waals surface area contributed by atoms with E-state index < -0.39 is 12.5 Å². The molecule has 6 heteroatoms. The van der Waals surface area contributed by atoms with Gasteiger partial charge in [-0.15, -0.1) is 0 Å². The number of hydrogen-bond donors (Lipinski definition) is 2. The fraction of sp³-hybridized carbons (Fsp3) is 0.429. The lowest BCUT2D eigenvalue weighted by molar-refractivity contribution is -0.136. The number of halogens is 1. The van der Waals surface area contributed by atoms with Crippen LogP contribution in [0.2, 0.25) is 5.02 Å². The van der Waals surface area contributed by atoms with E-state index in [9.17, 15) is 9.59 Å². The number of carbonyl (C=O) groups is 2. The molecule has 5 nitrogen and oxygen atoms in total. The monoisotopic (exact) mass is 296 g/mol. The van der Waals surface area contributed by atoms with Gasteiger partial charge in [-0.05, 0) is 37.0 Å². The van der Waals surface area contributed by atoms with Crippen LogP contribution in [0.15, 0.2) is 24.3 Å². The van der Waals surface area contributed by atoms with Crippen LogP contribution in [0, 0.1) is 5.92 Å². The molecule has 0 spiro atoms. The van der Waals surface area contributed by atoms with Crippen LogP contribution < -0.4 is 10.6 Å². The Morgan fingerprint density at radius 3 is 2.70 bits per heavy atom. The first kappa shape index (κ1) is 14.8. The molecule has 1 fully saturated rings. The van der Waals surface area contributed by atoms with Crippen molar-refractivity contribution in [2.75, 3.05) is 11.4 Å². The summed E-state index contributed by atoms with van der Waals surface area (Å²) in [5.74, 6) is -0.961. The summed E-state index contributed by atoms with van der Waals surface area (Å²) in [7, 11) is 0. The molecule has 0 aliphatic heterocycles.